The molecule has 27 heavy (non-hydrogen) atoms. The summed E-state index contributed by atoms with van der Waals surface area (Å²) in [5, 5.41) is 11.1. The molecule has 2 aromatic rings. The summed E-state index contributed by atoms with van der Waals surface area (Å²) in [5.74, 6) is -0.000644. The third-order valence-electron chi connectivity index (χ3n) is 4.23. The molecule has 0 saturated heterocycles. The van der Waals surface area contributed by atoms with Crippen LogP contribution in [-0.4, -0.2) is 17.8 Å². The monoisotopic (exact) mass is 371 g/mol. The Bertz CT molecular complexity index is 905. The Hall–Kier alpha value is -3.22. The second-order valence-corrected chi connectivity index (χ2v) is 6.24. The van der Waals surface area contributed by atoms with Crippen LogP contribution in [0, 0.1) is 21.8 Å². The van der Waals surface area contributed by atoms with Gasteiger partial charge in [0.15, 0.2) is 11.5 Å². The summed E-state index contributed by atoms with van der Waals surface area (Å²) in [5.41, 5.74) is 1.08. The number of nitro benzene ring substituents is 1. The van der Waals surface area contributed by atoms with Gasteiger partial charge in [-0.3, -0.25) is 14.9 Å². The highest BCUT2D eigenvalue weighted by molar-refractivity contribution is 5.96. The van der Waals surface area contributed by atoms with Crippen molar-refractivity contribution in [2.24, 2.45) is 5.92 Å². The van der Waals surface area contributed by atoms with Crippen LogP contribution < -0.4 is 9.47 Å². The summed E-state index contributed by atoms with van der Waals surface area (Å²) in [6.45, 7) is -0.0499. The molecule has 1 saturated carbocycles. The first-order chi connectivity index (χ1) is 13.0. The highest BCUT2D eigenvalue weighted by Gasteiger charge is 2.27. The van der Waals surface area contributed by atoms with Gasteiger partial charge in [0.2, 0.25) is 0 Å². The minimum Gasteiger partial charge on any atom is -0.496 e. The van der Waals surface area contributed by atoms with Crippen molar-refractivity contribution < 1.29 is 23.6 Å². The quantitative estimate of drug-likeness (QED) is 0.392. The first-order valence-electron chi connectivity index (χ1n) is 8.43. The second-order valence-electron chi connectivity index (χ2n) is 6.24. The van der Waals surface area contributed by atoms with Crippen LogP contribution in [0.5, 0.6) is 11.5 Å². The van der Waals surface area contributed by atoms with Gasteiger partial charge >= 0.3 is 5.69 Å². The van der Waals surface area contributed by atoms with Gasteiger partial charge in [-0.25, -0.2) is 4.39 Å². The molecule has 0 amide bonds. The number of nitrogens with zero attached hydrogens (tertiary/aromatic N) is 1. The first kappa shape index (κ1) is 18.6. The van der Waals surface area contributed by atoms with E-state index in [9.17, 15) is 19.3 Å². The fourth-order valence-corrected chi connectivity index (χ4v) is 2.61. The van der Waals surface area contributed by atoms with Gasteiger partial charge in [-0.05, 0) is 42.7 Å². The minimum absolute atomic E-state index is 0.0499. The molecule has 0 atom stereocenters. The van der Waals surface area contributed by atoms with Gasteiger partial charge in [-0.15, -0.1) is 0 Å². The minimum atomic E-state index is -0.630. The maximum atomic E-state index is 13.4. The molecule has 140 valence electrons. The van der Waals surface area contributed by atoms with Crippen molar-refractivity contribution in [2.45, 2.75) is 19.4 Å². The Labute approximate surface area is 155 Å². The van der Waals surface area contributed by atoms with Crippen molar-refractivity contribution in [3.8, 4) is 11.5 Å². The number of methoxy groups -OCH3 is 1. The zero-order valence-corrected chi connectivity index (χ0v) is 14.7. The van der Waals surface area contributed by atoms with Gasteiger partial charge < -0.3 is 9.47 Å². The Kier molecular flexibility index (Phi) is 5.49. The lowest BCUT2D eigenvalue weighted by Crippen LogP contribution is -2.02. The van der Waals surface area contributed by atoms with E-state index in [0.29, 0.717) is 11.3 Å². The van der Waals surface area contributed by atoms with Crippen molar-refractivity contribution in [3.63, 3.8) is 0 Å². The number of nitro groups is 1. The lowest BCUT2D eigenvalue weighted by Gasteiger charge is -2.11. The van der Waals surface area contributed by atoms with E-state index in [4.69, 9.17) is 9.47 Å². The van der Waals surface area contributed by atoms with Crippen molar-refractivity contribution in [2.75, 3.05) is 7.11 Å². The number of ketones is 1. The molecule has 7 heteroatoms. The summed E-state index contributed by atoms with van der Waals surface area (Å²) < 4.78 is 24.2. The summed E-state index contributed by atoms with van der Waals surface area (Å²) in [6.07, 6.45) is 5.16. The van der Waals surface area contributed by atoms with E-state index < -0.39 is 10.7 Å². The largest absolute Gasteiger partial charge is 0.496 e. The number of ether oxygens (including phenoxy) is 2. The normalized spacial score (nSPS) is 13.6. The number of benzene rings is 2. The smallest absolute Gasteiger partial charge is 0.311 e. The average Bonchev–Trinajstić information content (AvgIpc) is 3.49. The van der Waals surface area contributed by atoms with E-state index in [1.807, 2.05) is 0 Å². The van der Waals surface area contributed by atoms with Crippen molar-refractivity contribution in [1.82, 2.24) is 0 Å². The maximum absolute atomic E-state index is 13.4. The fourth-order valence-electron chi connectivity index (χ4n) is 2.61. The number of carbonyl (C=O) groups is 1. The molecular weight excluding hydrogens is 353 g/mol. The number of allylic oxidation sites excluding steroid dienone is 1. The maximum Gasteiger partial charge on any atom is 0.311 e. The molecule has 0 aromatic heterocycles. The van der Waals surface area contributed by atoms with Crippen LogP contribution in [0.4, 0.5) is 10.1 Å². The molecule has 3 rings (SSSR count). The summed E-state index contributed by atoms with van der Waals surface area (Å²) in [6, 6.07) is 8.32. The molecule has 0 unspecified atom stereocenters. The van der Waals surface area contributed by atoms with Crippen LogP contribution in [0.25, 0.3) is 6.08 Å². The number of halogens is 1. The van der Waals surface area contributed by atoms with E-state index in [1.165, 1.54) is 7.11 Å². The highest BCUT2D eigenvalue weighted by atomic mass is 19.1. The lowest BCUT2D eigenvalue weighted by atomic mass is 10.1. The number of hydrogen-bond acceptors (Lipinski definition) is 5. The van der Waals surface area contributed by atoms with E-state index in [-0.39, 0.29) is 29.7 Å². The average molecular weight is 371 g/mol. The molecule has 0 bridgehead atoms. The molecular formula is C20H18FNO5. The van der Waals surface area contributed by atoms with Gasteiger partial charge in [0.05, 0.1) is 12.0 Å². The van der Waals surface area contributed by atoms with Gasteiger partial charge in [-0.1, -0.05) is 12.1 Å². The fraction of sp³-hybridized carbons (Fsp3) is 0.250. The predicted molar refractivity (Wildman–Crippen MR) is 97.1 cm³/mol. The Morgan fingerprint density at radius 3 is 2.70 bits per heavy atom. The molecule has 1 aliphatic carbocycles. The first-order valence-corrected chi connectivity index (χ1v) is 8.43. The molecule has 0 aliphatic heterocycles. The van der Waals surface area contributed by atoms with Crippen LogP contribution in [0.3, 0.4) is 0 Å². The van der Waals surface area contributed by atoms with Crippen molar-refractivity contribution in [3.05, 3.63) is 69.5 Å². The third kappa shape index (κ3) is 4.69. The van der Waals surface area contributed by atoms with Crippen molar-refractivity contribution in [1.29, 1.82) is 0 Å². The molecule has 2 aromatic carbocycles. The number of hydrogen-bond donors (Lipinski definition) is 0. The molecule has 1 fully saturated rings. The van der Waals surface area contributed by atoms with Crippen LogP contribution in [0.2, 0.25) is 0 Å². The van der Waals surface area contributed by atoms with E-state index in [2.05, 4.69) is 0 Å². The Balaban J connectivity index is 1.79. The van der Waals surface area contributed by atoms with Gasteiger partial charge in [0.1, 0.15) is 18.2 Å². The second kappa shape index (κ2) is 7.99. The topological polar surface area (TPSA) is 78.7 Å². The highest BCUT2D eigenvalue weighted by Crippen LogP contribution is 2.31. The summed E-state index contributed by atoms with van der Waals surface area (Å²) in [7, 11) is 1.50. The van der Waals surface area contributed by atoms with E-state index in [1.54, 1.807) is 30.4 Å². The van der Waals surface area contributed by atoms with Crippen LogP contribution in [-0.2, 0) is 11.4 Å². The van der Waals surface area contributed by atoms with Crippen LogP contribution in [0.1, 0.15) is 24.0 Å². The molecule has 0 N–H and O–H groups in total. The number of rotatable bonds is 8. The molecule has 6 nitrogen and oxygen atoms in total. The molecule has 0 heterocycles. The zero-order chi connectivity index (χ0) is 19.4. The van der Waals surface area contributed by atoms with Crippen LogP contribution >= 0.6 is 0 Å². The number of carbonyl (C=O) groups excluding carboxylic acids is 1. The SMILES string of the molecule is COc1ccc(/C=C/C(=O)C2CC2)cc1COc1cc(F)ccc1[N+](=O)[O-]. The molecule has 0 radical (unpaired) electrons. The standard InChI is InChI=1S/C20H18FNO5/c1-26-19-9-3-13(2-8-18(23)14-4-5-14)10-15(19)12-27-20-11-16(21)6-7-17(20)22(24)25/h2-3,6-11,14H,4-5,12H2,1H3/b8-2+. The molecule has 1 aliphatic rings. The van der Waals surface area contributed by atoms with Gasteiger partial charge in [0, 0.05) is 23.6 Å². The van der Waals surface area contributed by atoms with E-state index >= 15 is 0 Å². The van der Waals surface area contributed by atoms with E-state index in [0.717, 1.165) is 36.6 Å². The summed E-state index contributed by atoms with van der Waals surface area (Å²) in [4.78, 5) is 22.2. The molecule has 0 spiro atoms. The Morgan fingerprint density at radius 1 is 1.26 bits per heavy atom. The third-order valence-corrected chi connectivity index (χ3v) is 4.23. The Morgan fingerprint density at radius 2 is 2.04 bits per heavy atom. The lowest BCUT2D eigenvalue weighted by molar-refractivity contribution is -0.386. The van der Waals surface area contributed by atoms with Crippen molar-refractivity contribution >= 4 is 17.5 Å². The van der Waals surface area contributed by atoms with Gasteiger partial charge in [0.25, 0.3) is 0 Å². The zero-order valence-electron chi connectivity index (χ0n) is 14.7. The summed E-state index contributed by atoms with van der Waals surface area (Å²) >= 11 is 0. The van der Waals surface area contributed by atoms with Crippen LogP contribution in [0.15, 0.2) is 42.5 Å². The van der Waals surface area contributed by atoms with Gasteiger partial charge in [-0.2, -0.15) is 0 Å². The predicted octanol–water partition coefficient (Wildman–Crippen LogP) is 4.31.